The van der Waals surface area contributed by atoms with E-state index in [4.69, 9.17) is 11.6 Å². The van der Waals surface area contributed by atoms with Crippen LogP contribution >= 0.6 is 23.4 Å². The van der Waals surface area contributed by atoms with E-state index in [-0.39, 0.29) is 23.8 Å². The molecule has 160 valence electrons. The summed E-state index contributed by atoms with van der Waals surface area (Å²) in [6.07, 6.45) is 2.68. The summed E-state index contributed by atoms with van der Waals surface area (Å²) < 4.78 is 0. The highest BCUT2D eigenvalue weighted by molar-refractivity contribution is 7.98. The number of halogens is 1. The fraction of sp³-hybridized carbons (Fsp3) is 0.348. The summed E-state index contributed by atoms with van der Waals surface area (Å²) in [4.78, 5) is 42.1. The second kappa shape index (κ2) is 7.36. The lowest BCUT2D eigenvalue weighted by atomic mass is 9.76. The smallest absolute Gasteiger partial charge is 0.250 e. The molecule has 0 radical (unpaired) electrons. The Labute approximate surface area is 189 Å². The number of nitrogens with zero attached hydrogens (tertiary/aromatic N) is 1. The number of amides is 3. The molecule has 4 atom stereocenters. The van der Waals surface area contributed by atoms with Gasteiger partial charge in [0.05, 0.1) is 17.5 Å². The van der Waals surface area contributed by atoms with Gasteiger partial charge in [0.2, 0.25) is 17.7 Å². The predicted molar refractivity (Wildman–Crippen MR) is 122 cm³/mol. The number of imide groups is 1. The molecule has 2 N–H and O–H groups in total. The van der Waals surface area contributed by atoms with E-state index in [1.807, 2.05) is 30.5 Å². The first kappa shape index (κ1) is 20.5. The van der Waals surface area contributed by atoms with Crippen LogP contribution in [0.2, 0.25) is 5.02 Å². The molecule has 2 aromatic carbocycles. The van der Waals surface area contributed by atoms with Crippen molar-refractivity contribution in [1.29, 1.82) is 0 Å². The zero-order chi connectivity index (χ0) is 21.9. The Hall–Kier alpha value is -2.35. The van der Waals surface area contributed by atoms with Gasteiger partial charge in [-0.15, -0.1) is 0 Å². The van der Waals surface area contributed by atoms with Crippen molar-refractivity contribution in [2.45, 2.75) is 24.9 Å². The van der Waals surface area contributed by atoms with Crippen LogP contribution in [0.15, 0.2) is 42.5 Å². The molecule has 6 nitrogen and oxygen atoms in total. The molecular weight excluding hydrogens is 434 g/mol. The number of benzene rings is 2. The van der Waals surface area contributed by atoms with Crippen LogP contribution in [0.3, 0.4) is 0 Å². The lowest BCUT2D eigenvalue weighted by molar-refractivity contribution is -0.130. The maximum absolute atomic E-state index is 13.8. The molecule has 5 rings (SSSR count). The Bertz CT molecular complexity index is 1120. The fourth-order valence-corrected chi connectivity index (χ4v) is 5.99. The summed E-state index contributed by atoms with van der Waals surface area (Å²) in [5.74, 6) is -1.51. The third-order valence-corrected chi connectivity index (χ3v) is 7.79. The number of fused-ring (bicyclic) bond motifs is 4. The molecule has 1 spiro atoms. The van der Waals surface area contributed by atoms with Crippen molar-refractivity contribution < 1.29 is 14.4 Å². The topological polar surface area (TPSA) is 78.5 Å². The standard InChI is InChI=1S/C23H22ClN3O3S/c1-12-14(24)7-5-9-17(12)27-20(28)18-16(10-11-31-2)26-23(19(18)21(27)29)13-6-3-4-8-15(13)25-22(23)30/h3-9,16,18-19,26H,10-11H2,1-2H3,(H,25,30). The molecule has 0 bridgehead atoms. The van der Waals surface area contributed by atoms with E-state index >= 15 is 0 Å². The van der Waals surface area contributed by atoms with Crippen LogP contribution in [0.25, 0.3) is 0 Å². The highest BCUT2D eigenvalue weighted by Gasteiger charge is 2.70. The normalized spacial score (nSPS) is 28.9. The number of carbonyl (C=O) groups is 3. The van der Waals surface area contributed by atoms with Gasteiger partial charge in [0, 0.05) is 22.3 Å². The minimum atomic E-state index is -1.25. The van der Waals surface area contributed by atoms with E-state index in [1.165, 1.54) is 4.90 Å². The minimum Gasteiger partial charge on any atom is -0.324 e. The van der Waals surface area contributed by atoms with E-state index in [9.17, 15) is 14.4 Å². The molecule has 2 saturated heterocycles. The largest absolute Gasteiger partial charge is 0.324 e. The lowest BCUT2D eigenvalue weighted by Crippen LogP contribution is -2.53. The average molecular weight is 456 g/mol. The SMILES string of the molecule is CSCCC1NC2(C(=O)Nc3ccccc32)C2C(=O)N(c3cccc(Cl)c3C)C(=O)C12. The van der Waals surface area contributed by atoms with Crippen molar-refractivity contribution in [3.63, 3.8) is 0 Å². The molecule has 0 aromatic heterocycles. The third kappa shape index (κ3) is 2.73. The van der Waals surface area contributed by atoms with Crippen LogP contribution in [0, 0.1) is 18.8 Å². The first-order valence-corrected chi connectivity index (χ1v) is 12.0. The first-order valence-electron chi connectivity index (χ1n) is 10.2. The number of rotatable bonds is 4. The number of thioether (sulfide) groups is 1. The molecule has 3 amide bonds. The van der Waals surface area contributed by atoms with Gasteiger partial charge in [0.15, 0.2) is 0 Å². The maximum atomic E-state index is 13.8. The van der Waals surface area contributed by atoms with Crippen LogP contribution in [-0.4, -0.2) is 35.8 Å². The second-order valence-corrected chi connectivity index (χ2v) is 9.63. The lowest BCUT2D eigenvalue weighted by Gasteiger charge is -2.30. The zero-order valence-electron chi connectivity index (χ0n) is 17.1. The molecule has 3 aliphatic rings. The summed E-state index contributed by atoms with van der Waals surface area (Å²) in [5.41, 5.74) is 1.32. The van der Waals surface area contributed by atoms with Crippen LogP contribution in [0.4, 0.5) is 11.4 Å². The first-order chi connectivity index (χ1) is 14.9. The molecule has 31 heavy (non-hydrogen) atoms. The van der Waals surface area contributed by atoms with E-state index < -0.39 is 17.4 Å². The molecule has 3 aliphatic heterocycles. The number of nitrogens with one attached hydrogen (secondary N) is 2. The van der Waals surface area contributed by atoms with Crippen LogP contribution < -0.4 is 15.5 Å². The molecular formula is C23H22ClN3O3S. The highest BCUT2D eigenvalue weighted by Crippen LogP contribution is 2.54. The third-order valence-electron chi connectivity index (χ3n) is 6.74. The molecule has 0 saturated carbocycles. The number of carbonyl (C=O) groups excluding carboxylic acids is 3. The van der Waals surface area contributed by atoms with Gasteiger partial charge in [-0.1, -0.05) is 35.9 Å². The van der Waals surface area contributed by atoms with E-state index in [2.05, 4.69) is 10.6 Å². The maximum Gasteiger partial charge on any atom is 0.250 e. The minimum absolute atomic E-state index is 0.270. The van der Waals surface area contributed by atoms with E-state index in [0.29, 0.717) is 28.4 Å². The van der Waals surface area contributed by atoms with Gasteiger partial charge >= 0.3 is 0 Å². The van der Waals surface area contributed by atoms with Gasteiger partial charge in [-0.3, -0.25) is 19.7 Å². The number of hydrogen-bond donors (Lipinski definition) is 2. The van der Waals surface area contributed by atoms with Gasteiger partial charge < -0.3 is 5.32 Å². The van der Waals surface area contributed by atoms with Crippen molar-refractivity contribution in [2.75, 3.05) is 22.2 Å². The molecule has 2 fully saturated rings. The Kier molecular flexibility index (Phi) is 4.88. The van der Waals surface area contributed by atoms with Gasteiger partial charge in [-0.25, -0.2) is 4.90 Å². The van der Waals surface area contributed by atoms with Gasteiger partial charge in [-0.2, -0.15) is 11.8 Å². The summed E-state index contributed by atoms with van der Waals surface area (Å²) >= 11 is 7.96. The van der Waals surface area contributed by atoms with Crippen molar-refractivity contribution in [2.24, 2.45) is 11.8 Å². The van der Waals surface area contributed by atoms with E-state index in [1.54, 1.807) is 36.9 Å². The summed E-state index contributed by atoms with van der Waals surface area (Å²) in [6, 6.07) is 12.3. The van der Waals surface area contributed by atoms with Crippen LogP contribution in [-0.2, 0) is 19.9 Å². The molecule has 0 aliphatic carbocycles. The highest BCUT2D eigenvalue weighted by atomic mass is 35.5. The zero-order valence-corrected chi connectivity index (χ0v) is 18.7. The Morgan fingerprint density at radius 3 is 2.65 bits per heavy atom. The Balaban J connectivity index is 1.67. The quantitative estimate of drug-likeness (QED) is 0.691. The van der Waals surface area contributed by atoms with Crippen LogP contribution in [0.1, 0.15) is 17.5 Å². The Morgan fingerprint density at radius 1 is 1.10 bits per heavy atom. The van der Waals surface area contributed by atoms with Crippen molar-refractivity contribution in [3.05, 3.63) is 58.6 Å². The number of anilines is 2. The van der Waals surface area contributed by atoms with Gasteiger partial charge in [-0.05, 0) is 49.1 Å². The second-order valence-electron chi connectivity index (χ2n) is 8.24. The number of hydrogen-bond acceptors (Lipinski definition) is 5. The Morgan fingerprint density at radius 2 is 1.87 bits per heavy atom. The van der Waals surface area contributed by atoms with E-state index in [0.717, 1.165) is 11.3 Å². The monoisotopic (exact) mass is 455 g/mol. The summed E-state index contributed by atoms with van der Waals surface area (Å²) in [6.45, 7) is 1.79. The molecule has 3 heterocycles. The van der Waals surface area contributed by atoms with Crippen molar-refractivity contribution in [1.82, 2.24) is 5.32 Å². The number of para-hydroxylation sites is 1. The summed E-state index contributed by atoms with van der Waals surface area (Å²) in [5, 5.41) is 6.86. The average Bonchev–Trinajstić information content (AvgIpc) is 3.34. The molecule has 2 aromatic rings. The van der Waals surface area contributed by atoms with Crippen molar-refractivity contribution in [3.8, 4) is 0 Å². The fourth-order valence-electron chi connectivity index (χ4n) is 5.33. The van der Waals surface area contributed by atoms with Gasteiger partial charge in [0.1, 0.15) is 5.54 Å². The molecule has 4 unspecified atom stereocenters. The predicted octanol–water partition coefficient (Wildman–Crippen LogP) is 3.33. The van der Waals surface area contributed by atoms with Crippen LogP contribution in [0.5, 0.6) is 0 Å². The van der Waals surface area contributed by atoms with Gasteiger partial charge in [0.25, 0.3) is 0 Å². The van der Waals surface area contributed by atoms with Crippen molar-refractivity contribution >= 4 is 52.5 Å². The summed E-state index contributed by atoms with van der Waals surface area (Å²) in [7, 11) is 0. The molecule has 8 heteroatoms.